The largest absolute Gasteiger partial charge is 0.491 e. The van der Waals surface area contributed by atoms with E-state index in [4.69, 9.17) is 4.74 Å². The first-order chi connectivity index (χ1) is 13.8. The molecule has 2 aliphatic rings. The smallest absolute Gasteiger partial charge is 0.145 e. The summed E-state index contributed by atoms with van der Waals surface area (Å²) >= 11 is 0. The Hall–Kier alpha value is -2.79. The number of fused-ring (bicyclic) bond motifs is 1. The summed E-state index contributed by atoms with van der Waals surface area (Å²) in [5.74, 6) is 0.882. The number of piperazine rings is 1. The van der Waals surface area contributed by atoms with Crippen molar-refractivity contribution in [2.45, 2.75) is 13.0 Å². The molecule has 144 valence electrons. The minimum absolute atomic E-state index is 0.206. The molecule has 5 rings (SSSR count). The van der Waals surface area contributed by atoms with Crippen LogP contribution in [0.3, 0.4) is 0 Å². The maximum absolute atomic E-state index is 13.1. The number of aromatic nitrogens is 1. The van der Waals surface area contributed by atoms with Crippen molar-refractivity contribution in [2.24, 2.45) is 0 Å². The maximum Gasteiger partial charge on any atom is 0.145 e. The van der Waals surface area contributed by atoms with Gasteiger partial charge in [-0.2, -0.15) is 0 Å². The molecule has 3 heterocycles. The molecule has 0 radical (unpaired) electrons. The number of para-hydroxylation sites is 1. The van der Waals surface area contributed by atoms with E-state index in [2.05, 4.69) is 45.1 Å². The monoisotopic (exact) mass is 377 g/mol. The Bertz CT molecular complexity index is 958. The lowest BCUT2D eigenvalue weighted by atomic mass is 10.1. The molecular formula is C23H24FN3O. The molecule has 0 saturated carbocycles. The van der Waals surface area contributed by atoms with Gasteiger partial charge in [0.1, 0.15) is 11.6 Å². The SMILES string of the molecule is Fc1ccc(-c2ccc(CN3CCN(c4cccc5c4OCC5)CC3)[nH]2)cc1. The first-order valence-corrected chi connectivity index (χ1v) is 9.92. The Balaban J connectivity index is 1.21. The molecule has 5 heteroatoms. The molecule has 0 atom stereocenters. The molecule has 0 amide bonds. The van der Waals surface area contributed by atoms with Crippen molar-refractivity contribution in [1.82, 2.24) is 9.88 Å². The van der Waals surface area contributed by atoms with E-state index in [0.29, 0.717) is 0 Å². The second-order valence-corrected chi connectivity index (χ2v) is 7.53. The lowest BCUT2D eigenvalue weighted by Gasteiger charge is -2.36. The van der Waals surface area contributed by atoms with Gasteiger partial charge in [-0.3, -0.25) is 4.90 Å². The minimum atomic E-state index is -0.206. The third kappa shape index (κ3) is 3.38. The van der Waals surface area contributed by atoms with E-state index in [1.807, 2.05) is 12.1 Å². The van der Waals surface area contributed by atoms with E-state index in [0.717, 1.165) is 62.8 Å². The Labute approximate surface area is 164 Å². The van der Waals surface area contributed by atoms with Gasteiger partial charge < -0.3 is 14.6 Å². The zero-order valence-electron chi connectivity index (χ0n) is 15.8. The van der Waals surface area contributed by atoms with Crippen molar-refractivity contribution in [3.63, 3.8) is 0 Å². The van der Waals surface area contributed by atoms with Gasteiger partial charge in [-0.25, -0.2) is 4.39 Å². The highest BCUT2D eigenvalue weighted by atomic mass is 19.1. The number of anilines is 1. The van der Waals surface area contributed by atoms with Crippen LogP contribution in [0.2, 0.25) is 0 Å². The second-order valence-electron chi connectivity index (χ2n) is 7.53. The van der Waals surface area contributed by atoms with Crippen molar-refractivity contribution in [2.75, 3.05) is 37.7 Å². The van der Waals surface area contributed by atoms with Gasteiger partial charge in [-0.1, -0.05) is 12.1 Å². The first kappa shape index (κ1) is 17.3. The number of hydrogen-bond donors (Lipinski definition) is 1. The van der Waals surface area contributed by atoms with Crippen LogP contribution in [0, 0.1) is 5.82 Å². The lowest BCUT2D eigenvalue weighted by Crippen LogP contribution is -2.46. The van der Waals surface area contributed by atoms with Crippen molar-refractivity contribution in [3.05, 3.63) is 71.7 Å². The highest BCUT2D eigenvalue weighted by molar-refractivity contribution is 5.63. The summed E-state index contributed by atoms with van der Waals surface area (Å²) in [5, 5.41) is 0. The predicted octanol–water partition coefficient (Wildman–Crippen LogP) is 4.08. The maximum atomic E-state index is 13.1. The standard InChI is InChI=1S/C23H24FN3O/c24-19-6-4-17(5-7-19)21-9-8-20(25-21)16-26-11-13-27(14-12-26)22-3-1-2-18-10-15-28-23(18)22/h1-9,25H,10-16H2. The van der Waals surface area contributed by atoms with Gasteiger partial charge in [0.25, 0.3) is 0 Å². The molecule has 1 aromatic heterocycles. The molecule has 0 unspecified atom stereocenters. The second kappa shape index (κ2) is 7.32. The average molecular weight is 377 g/mol. The van der Waals surface area contributed by atoms with E-state index in [-0.39, 0.29) is 5.82 Å². The van der Waals surface area contributed by atoms with Crippen LogP contribution in [0.25, 0.3) is 11.3 Å². The van der Waals surface area contributed by atoms with Crippen LogP contribution in [0.4, 0.5) is 10.1 Å². The third-order valence-corrected chi connectivity index (χ3v) is 5.70. The highest BCUT2D eigenvalue weighted by Crippen LogP contribution is 2.36. The lowest BCUT2D eigenvalue weighted by molar-refractivity contribution is 0.246. The molecule has 1 N–H and O–H groups in total. The fourth-order valence-corrected chi connectivity index (χ4v) is 4.16. The minimum Gasteiger partial charge on any atom is -0.491 e. The number of H-pyrrole nitrogens is 1. The average Bonchev–Trinajstić information content (AvgIpc) is 3.38. The van der Waals surface area contributed by atoms with Crippen molar-refractivity contribution < 1.29 is 9.13 Å². The number of nitrogens with zero attached hydrogens (tertiary/aromatic N) is 2. The molecule has 2 aliphatic heterocycles. The molecule has 28 heavy (non-hydrogen) atoms. The Kier molecular flexibility index (Phi) is 4.53. The van der Waals surface area contributed by atoms with Crippen molar-refractivity contribution in [1.29, 1.82) is 0 Å². The van der Waals surface area contributed by atoms with Gasteiger partial charge in [-0.15, -0.1) is 0 Å². The van der Waals surface area contributed by atoms with Crippen LogP contribution in [-0.2, 0) is 13.0 Å². The Morgan fingerprint density at radius 3 is 2.57 bits per heavy atom. The van der Waals surface area contributed by atoms with E-state index >= 15 is 0 Å². The van der Waals surface area contributed by atoms with Gasteiger partial charge >= 0.3 is 0 Å². The quantitative estimate of drug-likeness (QED) is 0.743. The molecule has 3 aromatic rings. The zero-order valence-corrected chi connectivity index (χ0v) is 15.8. The number of aromatic amines is 1. The summed E-state index contributed by atoms with van der Waals surface area (Å²) in [7, 11) is 0. The number of nitrogens with one attached hydrogen (secondary N) is 1. The van der Waals surface area contributed by atoms with E-state index in [1.165, 1.54) is 29.1 Å². The number of ether oxygens (including phenoxy) is 1. The normalized spacial score (nSPS) is 16.8. The van der Waals surface area contributed by atoms with Crippen molar-refractivity contribution >= 4 is 5.69 Å². The van der Waals surface area contributed by atoms with Crippen LogP contribution in [0.15, 0.2) is 54.6 Å². The van der Waals surface area contributed by atoms with Gasteiger partial charge in [0.15, 0.2) is 0 Å². The fraction of sp³-hybridized carbons (Fsp3) is 0.304. The van der Waals surface area contributed by atoms with Crippen LogP contribution in [0.5, 0.6) is 5.75 Å². The van der Waals surface area contributed by atoms with Crippen LogP contribution >= 0.6 is 0 Å². The van der Waals surface area contributed by atoms with Gasteiger partial charge in [-0.05, 0) is 53.6 Å². The summed E-state index contributed by atoms with van der Waals surface area (Å²) in [5.41, 5.74) is 5.81. The van der Waals surface area contributed by atoms with Crippen LogP contribution < -0.4 is 9.64 Å². The molecule has 4 nitrogen and oxygen atoms in total. The number of rotatable bonds is 4. The zero-order chi connectivity index (χ0) is 18.9. The molecule has 2 aromatic carbocycles. The van der Waals surface area contributed by atoms with E-state index < -0.39 is 0 Å². The topological polar surface area (TPSA) is 31.5 Å². The summed E-state index contributed by atoms with van der Waals surface area (Å²) in [4.78, 5) is 8.39. The molecule has 0 aliphatic carbocycles. The fourth-order valence-electron chi connectivity index (χ4n) is 4.16. The number of hydrogen-bond acceptors (Lipinski definition) is 3. The highest BCUT2D eigenvalue weighted by Gasteiger charge is 2.23. The number of benzene rings is 2. The summed E-state index contributed by atoms with van der Waals surface area (Å²) < 4.78 is 19.0. The van der Waals surface area contributed by atoms with E-state index in [9.17, 15) is 4.39 Å². The molecule has 1 saturated heterocycles. The van der Waals surface area contributed by atoms with Gasteiger partial charge in [0.2, 0.25) is 0 Å². The predicted molar refractivity (Wildman–Crippen MR) is 109 cm³/mol. The first-order valence-electron chi connectivity index (χ1n) is 9.92. The number of halogens is 1. The van der Waals surface area contributed by atoms with Crippen LogP contribution in [-0.4, -0.2) is 42.7 Å². The molecule has 1 fully saturated rings. The molecule has 0 spiro atoms. The Morgan fingerprint density at radius 2 is 1.75 bits per heavy atom. The summed E-state index contributed by atoms with van der Waals surface area (Å²) in [6, 6.07) is 17.3. The van der Waals surface area contributed by atoms with Crippen molar-refractivity contribution in [3.8, 4) is 17.0 Å². The van der Waals surface area contributed by atoms with Gasteiger partial charge in [0, 0.05) is 50.5 Å². The summed E-state index contributed by atoms with van der Waals surface area (Å²) in [6.07, 6.45) is 1.02. The van der Waals surface area contributed by atoms with Crippen LogP contribution in [0.1, 0.15) is 11.3 Å². The summed E-state index contributed by atoms with van der Waals surface area (Å²) in [6.45, 7) is 5.76. The molecule has 0 bridgehead atoms. The Morgan fingerprint density at radius 1 is 0.929 bits per heavy atom. The van der Waals surface area contributed by atoms with E-state index in [1.54, 1.807) is 0 Å². The molecular weight excluding hydrogens is 353 g/mol. The van der Waals surface area contributed by atoms with Gasteiger partial charge in [0.05, 0.1) is 12.3 Å². The third-order valence-electron chi connectivity index (χ3n) is 5.70.